The zero-order valence-electron chi connectivity index (χ0n) is 11.4. The first-order chi connectivity index (χ1) is 9.90. The minimum atomic E-state index is 0.647. The van der Waals surface area contributed by atoms with Gasteiger partial charge < -0.3 is 13.9 Å². The molecule has 2 heterocycles. The van der Waals surface area contributed by atoms with Crippen molar-refractivity contribution in [3.63, 3.8) is 0 Å². The van der Waals surface area contributed by atoms with E-state index in [9.17, 15) is 0 Å². The molecule has 20 heavy (non-hydrogen) atoms. The summed E-state index contributed by atoms with van der Waals surface area (Å²) >= 11 is 5.58. The average molecular weight is 295 g/mol. The first kappa shape index (κ1) is 14.8. The van der Waals surface area contributed by atoms with E-state index in [0.717, 1.165) is 37.4 Å². The van der Waals surface area contributed by atoms with Crippen molar-refractivity contribution < 1.29 is 13.9 Å². The van der Waals surface area contributed by atoms with Gasteiger partial charge in [-0.25, -0.2) is 0 Å². The van der Waals surface area contributed by atoms with Crippen LogP contribution < -0.4 is 9.47 Å². The molecule has 0 bridgehead atoms. The van der Waals surface area contributed by atoms with Crippen LogP contribution in [0.15, 0.2) is 47.3 Å². The first-order valence-corrected chi connectivity index (χ1v) is 7.35. The van der Waals surface area contributed by atoms with E-state index in [-0.39, 0.29) is 0 Å². The van der Waals surface area contributed by atoms with Crippen LogP contribution >= 0.6 is 11.6 Å². The summed E-state index contributed by atoms with van der Waals surface area (Å²) < 4.78 is 15.7. The predicted molar refractivity (Wildman–Crippen MR) is 79.8 cm³/mol. The summed E-state index contributed by atoms with van der Waals surface area (Å²) in [7, 11) is 0. The Kier molecular flexibility index (Phi) is 6.32. The van der Waals surface area contributed by atoms with Crippen molar-refractivity contribution in [2.75, 3.05) is 19.1 Å². The Morgan fingerprint density at radius 3 is 2.75 bits per heavy atom. The van der Waals surface area contributed by atoms with E-state index in [1.165, 1.54) is 5.56 Å². The maximum Gasteiger partial charge on any atom is 0.122 e. The quantitative estimate of drug-likeness (QED) is 0.622. The number of hydrogen-bond acceptors (Lipinski definition) is 3. The molecule has 0 fully saturated rings. The van der Waals surface area contributed by atoms with Crippen LogP contribution in [0.3, 0.4) is 0 Å². The molecule has 0 unspecified atom stereocenters. The van der Waals surface area contributed by atoms with Crippen LogP contribution in [0.2, 0.25) is 0 Å². The Balaban J connectivity index is 0.000000247. The van der Waals surface area contributed by atoms with Crippen molar-refractivity contribution in [1.29, 1.82) is 0 Å². The van der Waals surface area contributed by atoms with Crippen molar-refractivity contribution >= 4 is 11.6 Å². The third-order valence-electron chi connectivity index (χ3n) is 2.85. The van der Waals surface area contributed by atoms with Crippen molar-refractivity contribution in [3.8, 4) is 11.5 Å². The van der Waals surface area contributed by atoms with Gasteiger partial charge in [-0.1, -0.05) is 0 Å². The van der Waals surface area contributed by atoms with Crippen LogP contribution in [0.5, 0.6) is 11.5 Å². The van der Waals surface area contributed by atoms with E-state index >= 15 is 0 Å². The SMILES string of the molecule is ClCCCOc1ccc2c(c1)CCCO2.c1ccoc1. The van der Waals surface area contributed by atoms with E-state index in [1.807, 2.05) is 24.3 Å². The van der Waals surface area contributed by atoms with Crippen LogP contribution in [0, 0.1) is 0 Å². The molecule has 3 nitrogen and oxygen atoms in total. The van der Waals surface area contributed by atoms with Crippen LogP contribution in [0.4, 0.5) is 0 Å². The third-order valence-corrected chi connectivity index (χ3v) is 3.12. The molecule has 0 saturated carbocycles. The molecule has 0 atom stereocenters. The second-order valence-electron chi connectivity index (χ2n) is 4.41. The highest BCUT2D eigenvalue weighted by Gasteiger charge is 2.10. The third kappa shape index (κ3) is 4.82. The Hall–Kier alpha value is -1.61. The highest BCUT2D eigenvalue weighted by molar-refractivity contribution is 6.17. The monoisotopic (exact) mass is 294 g/mol. The van der Waals surface area contributed by atoms with Crippen LogP contribution in [-0.2, 0) is 6.42 Å². The Morgan fingerprint density at radius 2 is 2.05 bits per heavy atom. The molecule has 108 valence electrons. The highest BCUT2D eigenvalue weighted by atomic mass is 35.5. The lowest BCUT2D eigenvalue weighted by Gasteiger charge is -2.17. The number of benzene rings is 1. The Labute approximate surface area is 124 Å². The maximum atomic E-state index is 5.58. The molecule has 3 rings (SSSR count). The number of rotatable bonds is 4. The zero-order valence-corrected chi connectivity index (χ0v) is 12.1. The lowest BCUT2D eigenvalue weighted by molar-refractivity contribution is 0.284. The van der Waals surface area contributed by atoms with Crippen LogP contribution in [0.1, 0.15) is 18.4 Å². The molecule has 0 saturated heterocycles. The standard InChI is InChI=1S/C12H15ClO2.C4H4O/c13-6-2-8-14-11-4-5-12-10(9-11)3-1-7-15-12;1-2-4-5-3-1/h4-5,9H,1-3,6-8H2;1-4H. The second-order valence-corrected chi connectivity index (χ2v) is 4.78. The maximum absolute atomic E-state index is 5.58. The molecular weight excluding hydrogens is 276 g/mol. The van der Waals surface area contributed by atoms with Gasteiger partial charge in [0.2, 0.25) is 0 Å². The van der Waals surface area contributed by atoms with Gasteiger partial charge in [0, 0.05) is 5.88 Å². The van der Waals surface area contributed by atoms with Gasteiger partial charge in [0.1, 0.15) is 11.5 Å². The molecule has 0 aliphatic carbocycles. The van der Waals surface area contributed by atoms with E-state index in [1.54, 1.807) is 12.5 Å². The fraction of sp³-hybridized carbons (Fsp3) is 0.375. The van der Waals surface area contributed by atoms with Crippen molar-refractivity contribution in [2.24, 2.45) is 0 Å². The van der Waals surface area contributed by atoms with Crippen molar-refractivity contribution in [3.05, 3.63) is 48.4 Å². The second kappa shape index (κ2) is 8.54. The number of alkyl halides is 1. The average Bonchev–Trinajstić information content (AvgIpc) is 3.07. The summed E-state index contributed by atoms with van der Waals surface area (Å²) in [5.74, 6) is 2.57. The fourth-order valence-corrected chi connectivity index (χ4v) is 2.01. The molecular formula is C16H19ClO3. The number of halogens is 1. The topological polar surface area (TPSA) is 31.6 Å². The first-order valence-electron chi connectivity index (χ1n) is 6.82. The molecule has 0 radical (unpaired) electrons. The number of aryl methyl sites for hydroxylation is 1. The summed E-state index contributed by atoms with van der Waals surface area (Å²) in [6.07, 6.45) is 6.31. The molecule has 1 aromatic carbocycles. The summed E-state index contributed by atoms with van der Waals surface area (Å²) in [6, 6.07) is 9.69. The molecule has 0 N–H and O–H groups in total. The lowest BCUT2D eigenvalue weighted by Crippen LogP contribution is -2.08. The van der Waals surface area contributed by atoms with Crippen molar-refractivity contribution in [1.82, 2.24) is 0 Å². The van der Waals surface area contributed by atoms with Gasteiger partial charge in [-0.3, -0.25) is 0 Å². The number of hydrogen-bond donors (Lipinski definition) is 0. The Bertz CT molecular complexity index is 465. The smallest absolute Gasteiger partial charge is 0.122 e. The van der Waals surface area contributed by atoms with Gasteiger partial charge in [0.15, 0.2) is 0 Å². The summed E-state index contributed by atoms with van der Waals surface area (Å²) in [5.41, 5.74) is 1.25. The number of fused-ring (bicyclic) bond motifs is 1. The van der Waals surface area contributed by atoms with E-state index in [4.69, 9.17) is 21.1 Å². The zero-order chi connectivity index (χ0) is 14.0. The van der Waals surface area contributed by atoms with E-state index < -0.39 is 0 Å². The molecule has 0 spiro atoms. The van der Waals surface area contributed by atoms with E-state index in [0.29, 0.717) is 12.5 Å². The lowest BCUT2D eigenvalue weighted by atomic mass is 10.1. The molecule has 0 amide bonds. The fourth-order valence-electron chi connectivity index (χ4n) is 1.90. The Morgan fingerprint density at radius 1 is 1.20 bits per heavy atom. The van der Waals surface area contributed by atoms with Gasteiger partial charge in [-0.2, -0.15) is 0 Å². The van der Waals surface area contributed by atoms with Gasteiger partial charge in [-0.05, 0) is 55.2 Å². The summed E-state index contributed by atoms with van der Waals surface area (Å²) in [6.45, 7) is 1.52. The molecule has 4 heteroatoms. The highest BCUT2D eigenvalue weighted by Crippen LogP contribution is 2.28. The number of ether oxygens (including phenoxy) is 2. The van der Waals surface area contributed by atoms with Gasteiger partial charge in [-0.15, -0.1) is 11.6 Å². The van der Waals surface area contributed by atoms with Crippen molar-refractivity contribution in [2.45, 2.75) is 19.3 Å². The number of furan rings is 1. The molecule has 1 aromatic heterocycles. The van der Waals surface area contributed by atoms with E-state index in [2.05, 4.69) is 10.5 Å². The molecule has 1 aliphatic rings. The van der Waals surface area contributed by atoms with Gasteiger partial charge >= 0.3 is 0 Å². The predicted octanol–water partition coefficient (Wildman–Crippen LogP) is 4.30. The van der Waals surface area contributed by atoms with Crippen LogP contribution in [0.25, 0.3) is 0 Å². The molecule has 2 aromatic rings. The minimum absolute atomic E-state index is 0.647. The minimum Gasteiger partial charge on any atom is -0.494 e. The largest absolute Gasteiger partial charge is 0.494 e. The van der Waals surface area contributed by atoms with Gasteiger partial charge in [0.05, 0.1) is 25.7 Å². The van der Waals surface area contributed by atoms with Gasteiger partial charge in [0.25, 0.3) is 0 Å². The molecule has 1 aliphatic heterocycles. The normalized spacial score (nSPS) is 12.7. The summed E-state index contributed by atoms with van der Waals surface area (Å²) in [4.78, 5) is 0. The van der Waals surface area contributed by atoms with Crippen LogP contribution in [-0.4, -0.2) is 19.1 Å². The summed E-state index contributed by atoms with van der Waals surface area (Å²) in [5, 5.41) is 0.